The molecule has 18 heavy (non-hydrogen) atoms. The van der Waals surface area contributed by atoms with Crippen LogP contribution in [-0.2, 0) is 12.1 Å². The van der Waals surface area contributed by atoms with Gasteiger partial charge >= 0.3 is 0 Å². The van der Waals surface area contributed by atoms with Crippen molar-refractivity contribution in [2.75, 3.05) is 14.2 Å². The number of rotatable bonds is 5. The van der Waals surface area contributed by atoms with Gasteiger partial charge in [-0.2, -0.15) is 0 Å². The van der Waals surface area contributed by atoms with Crippen LogP contribution in [0.15, 0.2) is 12.1 Å². The Hall–Kier alpha value is -1.29. The number of aliphatic hydroxyl groups excluding tert-OH is 1. The molecule has 0 saturated heterocycles. The van der Waals surface area contributed by atoms with Gasteiger partial charge in [0.05, 0.1) is 20.3 Å². The lowest BCUT2D eigenvalue weighted by molar-refractivity contribution is 0.192. The minimum Gasteiger partial charge on any atom is -0.496 e. The molecule has 4 heteroatoms. The van der Waals surface area contributed by atoms with Gasteiger partial charge in [-0.15, -0.1) is 0 Å². The van der Waals surface area contributed by atoms with Crippen molar-refractivity contribution in [2.45, 2.75) is 39.0 Å². The molecule has 0 aliphatic rings. The van der Waals surface area contributed by atoms with E-state index in [0.717, 1.165) is 5.56 Å². The number of alkyl halides is 1. The molecule has 0 fully saturated rings. The molecule has 1 rings (SSSR count). The highest BCUT2D eigenvalue weighted by atomic mass is 19.1. The molecule has 0 aromatic heterocycles. The maximum atomic E-state index is 14.1. The Labute approximate surface area is 108 Å². The van der Waals surface area contributed by atoms with Crippen molar-refractivity contribution in [3.8, 4) is 11.5 Å². The molecule has 1 aromatic rings. The Morgan fingerprint density at radius 1 is 1.22 bits per heavy atom. The third kappa shape index (κ3) is 3.35. The second-order valence-electron chi connectivity index (χ2n) is 4.89. The van der Waals surface area contributed by atoms with Crippen LogP contribution in [0.3, 0.4) is 0 Å². The van der Waals surface area contributed by atoms with Gasteiger partial charge in [0.25, 0.3) is 0 Å². The largest absolute Gasteiger partial charge is 0.496 e. The van der Waals surface area contributed by atoms with Gasteiger partial charge in [0, 0.05) is 18.1 Å². The van der Waals surface area contributed by atoms with E-state index in [1.54, 1.807) is 26.2 Å². The molecule has 1 aromatic carbocycles. The Balaban J connectivity index is 3.34. The van der Waals surface area contributed by atoms with Gasteiger partial charge in [-0.05, 0) is 32.4 Å². The SMILES string of the molecule is COc1cc(OC)c(C(C)(C)F)cc1CC(C)O. The smallest absolute Gasteiger partial charge is 0.134 e. The minimum atomic E-state index is -1.51. The minimum absolute atomic E-state index is 0.413. The zero-order valence-corrected chi connectivity index (χ0v) is 11.6. The fraction of sp³-hybridized carbons (Fsp3) is 0.571. The fourth-order valence-electron chi connectivity index (χ4n) is 1.91. The number of aliphatic hydroxyl groups is 1. The van der Waals surface area contributed by atoms with Crippen molar-refractivity contribution in [2.24, 2.45) is 0 Å². The van der Waals surface area contributed by atoms with Crippen LogP contribution in [-0.4, -0.2) is 25.4 Å². The summed E-state index contributed by atoms with van der Waals surface area (Å²) in [5.74, 6) is 1.05. The van der Waals surface area contributed by atoms with E-state index >= 15 is 0 Å². The normalized spacial score (nSPS) is 13.3. The Morgan fingerprint density at radius 3 is 2.17 bits per heavy atom. The molecule has 0 amide bonds. The topological polar surface area (TPSA) is 38.7 Å². The predicted molar refractivity (Wildman–Crippen MR) is 69.1 cm³/mol. The van der Waals surface area contributed by atoms with E-state index < -0.39 is 11.8 Å². The molecular formula is C14H21FO3. The molecule has 3 nitrogen and oxygen atoms in total. The van der Waals surface area contributed by atoms with E-state index in [0.29, 0.717) is 23.5 Å². The molecule has 1 unspecified atom stereocenters. The van der Waals surface area contributed by atoms with Gasteiger partial charge in [-0.3, -0.25) is 0 Å². The molecule has 0 bridgehead atoms. The lowest BCUT2D eigenvalue weighted by Crippen LogP contribution is -2.14. The van der Waals surface area contributed by atoms with Gasteiger partial charge in [-0.25, -0.2) is 4.39 Å². The van der Waals surface area contributed by atoms with Crippen LogP contribution in [0.1, 0.15) is 31.9 Å². The van der Waals surface area contributed by atoms with E-state index in [-0.39, 0.29) is 0 Å². The summed E-state index contributed by atoms with van der Waals surface area (Å²) in [5, 5.41) is 9.47. The summed E-state index contributed by atoms with van der Waals surface area (Å²) in [4.78, 5) is 0. The maximum absolute atomic E-state index is 14.1. The summed E-state index contributed by atoms with van der Waals surface area (Å²) in [5.41, 5.74) is -0.277. The van der Waals surface area contributed by atoms with Crippen molar-refractivity contribution < 1.29 is 19.0 Å². The summed E-state index contributed by atoms with van der Waals surface area (Å²) >= 11 is 0. The van der Waals surface area contributed by atoms with E-state index in [1.165, 1.54) is 21.0 Å². The fourth-order valence-corrected chi connectivity index (χ4v) is 1.91. The van der Waals surface area contributed by atoms with Crippen LogP contribution < -0.4 is 9.47 Å². The Kier molecular flexibility index (Phi) is 4.57. The first kappa shape index (κ1) is 14.8. The van der Waals surface area contributed by atoms with Crippen LogP contribution in [0.5, 0.6) is 11.5 Å². The summed E-state index contributed by atoms with van der Waals surface area (Å²) in [6.45, 7) is 4.64. The highest BCUT2D eigenvalue weighted by Gasteiger charge is 2.25. The van der Waals surface area contributed by atoms with E-state index in [9.17, 15) is 9.50 Å². The molecule has 0 heterocycles. The Bertz CT molecular complexity index is 408. The van der Waals surface area contributed by atoms with E-state index in [2.05, 4.69) is 0 Å². The van der Waals surface area contributed by atoms with Crippen LogP contribution in [0, 0.1) is 0 Å². The van der Waals surface area contributed by atoms with Gasteiger partial charge in [0.15, 0.2) is 0 Å². The van der Waals surface area contributed by atoms with Gasteiger partial charge in [-0.1, -0.05) is 0 Å². The quantitative estimate of drug-likeness (QED) is 0.880. The van der Waals surface area contributed by atoms with Crippen molar-refractivity contribution in [1.29, 1.82) is 0 Å². The van der Waals surface area contributed by atoms with Crippen molar-refractivity contribution >= 4 is 0 Å². The lowest BCUT2D eigenvalue weighted by Gasteiger charge is -2.21. The number of halogens is 1. The second kappa shape index (κ2) is 5.57. The van der Waals surface area contributed by atoms with Crippen LogP contribution in [0.2, 0.25) is 0 Å². The van der Waals surface area contributed by atoms with Crippen LogP contribution in [0.25, 0.3) is 0 Å². The molecule has 1 N–H and O–H groups in total. The summed E-state index contributed by atoms with van der Waals surface area (Å²) in [6, 6.07) is 3.36. The lowest BCUT2D eigenvalue weighted by atomic mass is 9.94. The van der Waals surface area contributed by atoms with Crippen molar-refractivity contribution in [3.63, 3.8) is 0 Å². The molecule has 0 aliphatic heterocycles. The number of ether oxygens (including phenoxy) is 2. The number of hydrogen-bond acceptors (Lipinski definition) is 3. The molecular weight excluding hydrogens is 235 g/mol. The highest BCUT2D eigenvalue weighted by molar-refractivity contribution is 5.49. The van der Waals surface area contributed by atoms with Gasteiger partial charge in [0.2, 0.25) is 0 Å². The third-order valence-corrected chi connectivity index (χ3v) is 2.76. The van der Waals surface area contributed by atoms with Crippen molar-refractivity contribution in [1.82, 2.24) is 0 Å². The average molecular weight is 256 g/mol. The molecule has 0 radical (unpaired) electrons. The standard InChI is InChI=1S/C14H21FO3/c1-9(16)6-10-7-11(14(2,3)15)13(18-5)8-12(10)17-4/h7-9,16H,6H2,1-5H3. The average Bonchev–Trinajstić information content (AvgIpc) is 2.26. The molecule has 0 saturated carbocycles. The molecule has 0 aliphatic carbocycles. The zero-order valence-electron chi connectivity index (χ0n) is 11.6. The van der Waals surface area contributed by atoms with E-state index in [4.69, 9.17) is 9.47 Å². The molecule has 0 spiro atoms. The first-order valence-electron chi connectivity index (χ1n) is 5.92. The predicted octanol–water partition coefficient (Wildman–Crippen LogP) is 2.83. The second-order valence-corrected chi connectivity index (χ2v) is 4.89. The van der Waals surface area contributed by atoms with Gasteiger partial charge < -0.3 is 14.6 Å². The van der Waals surface area contributed by atoms with Crippen LogP contribution >= 0.6 is 0 Å². The summed E-state index contributed by atoms with van der Waals surface area (Å²) in [7, 11) is 3.04. The highest BCUT2D eigenvalue weighted by Crippen LogP contribution is 2.37. The number of benzene rings is 1. The number of methoxy groups -OCH3 is 2. The maximum Gasteiger partial charge on any atom is 0.134 e. The molecule has 102 valence electrons. The van der Waals surface area contributed by atoms with E-state index in [1.807, 2.05) is 0 Å². The Morgan fingerprint density at radius 2 is 1.78 bits per heavy atom. The number of hydrogen-bond donors (Lipinski definition) is 1. The van der Waals surface area contributed by atoms with Crippen molar-refractivity contribution in [3.05, 3.63) is 23.3 Å². The molecule has 1 atom stereocenters. The monoisotopic (exact) mass is 256 g/mol. The first-order chi connectivity index (χ1) is 8.29. The third-order valence-electron chi connectivity index (χ3n) is 2.76. The van der Waals surface area contributed by atoms with Gasteiger partial charge in [0.1, 0.15) is 17.2 Å². The van der Waals surface area contributed by atoms with Crippen LogP contribution in [0.4, 0.5) is 4.39 Å². The first-order valence-corrected chi connectivity index (χ1v) is 5.92. The summed E-state index contributed by atoms with van der Waals surface area (Å²) in [6.07, 6.45) is -0.0983. The summed E-state index contributed by atoms with van der Waals surface area (Å²) < 4.78 is 24.6. The zero-order chi connectivity index (χ0) is 13.9.